The van der Waals surface area contributed by atoms with Crippen molar-refractivity contribution in [2.24, 2.45) is 5.73 Å². The molecule has 0 amide bonds. The standard InChI is InChI=1S/C5H10N2.2C2H6/c1-4(3-6)5(2)7;2*1-2/h3,6H,7H2,1-2H3;2*1-2H3/b5-4-,6-3?;;. The molecule has 0 radical (unpaired) electrons. The molecule has 0 fully saturated rings. The molecule has 2 heteroatoms. The largest absolute Gasteiger partial charge is 0.402 e. The lowest BCUT2D eigenvalue weighted by molar-refractivity contribution is 1.26. The maximum absolute atomic E-state index is 6.68. The van der Waals surface area contributed by atoms with E-state index >= 15 is 0 Å². The van der Waals surface area contributed by atoms with Crippen LogP contribution in [0.1, 0.15) is 41.5 Å². The summed E-state index contributed by atoms with van der Waals surface area (Å²) in [5.41, 5.74) is 6.83. The van der Waals surface area contributed by atoms with Crippen molar-refractivity contribution in [3.63, 3.8) is 0 Å². The predicted octanol–water partition coefficient (Wildman–Crippen LogP) is 2.94. The first-order valence-electron chi connectivity index (χ1n) is 4.12. The highest BCUT2D eigenvalue weighted by atomic mass is 14.6. The number of hydrogen-bond acceptors (Lipinski definition) is 2. The molecule has 0 atom stereocenters. The van der Waals surface area contributed by atoms with Gasteiger partial charge in [-0.1, -0.05) is 27.7 Å². The van der Waals surface area contributed by atoms with Crippen LogP contribution in [0.4, 0.5) is 0 Å². The number of hydrogen-bond donors (Lipinski definition) is 2. The highest BCUT2D eigenvalue weighted by Gasteiger charge is 1.81. The van der Waals surface area contributed by atoms with Gasteiger partial charge in [0.05, 0.1) is 0 Å². The molecule has 3 N–H and O–H groups in total. The van der Waals surface area contributed by atoms with E-state index in [1.807, 2.05) is 34.6 Å². The molecule has 0 aliphatic heterocycles. The molecule has 0 bridgehead atoms. The van der Waals surface area contributed by atoms with Gasteiger partial charge in [-0.25, -0.2) is 0 Å². The van der Waals surface area contributed by atoms with Crippen LogP contribution >= 0.6 is 0 Å². The number of nitrogens with two attached hydrogens (primary N) is 1. The van der Waals surface area contributed by atoms with E-state index in [4.69, 9.17) is 11.1 Å². The summed E-state index contributed by atoms with van der Waals surface area (Å²) < 4.78 is 0. The quantitative estimate of drug-likeness (QED) is 0.566. The minimum Gasteiger partial charge on any atom is -0.402 e. The Morgan fingerprint density at radius 2 is 1.36 bits per heavy atom. The van der Waals surface area contributed by atoms with E-state index < -0.39 is 0 Å². The molecule has 0 heterocycles. The van der Waals surface area contributed by atoms with Crippen LogP contribution in [0.2, 0.25) is 0 Å². The second kappa shape index (κ2) is 16.1. The Morgan fingerprint density at radius 3 is 1.36 bits per heavy atom. The fraction of sp³-hybridized carbons (Fsp3) is 0.667. The van der Waals surface area contributed by atoms with Crippen LogP contribution in [0.25, 0.3) is 0 Å². The van der Waals surface area contributed by atoms with Crippen LogP contribution in [0.15, 0.2) is 11.3 Å². The van der Waals surface area contributed by atoms with E-state index in [-0.39, 0.29) is 0 Å². The van der Waals surface area contributed by atoms with Crippen LogP contribution < -0.4 is 5.73 Å². The Labute approximate surface area is 71.0 Å². The molecule has 68 valence electrons. The molecular weight excluding hydrogens is 136 g/mol. The van der Waals surface area contributed by atoms with Gasteiger partial charge in [0.25, 0.3) is 0 Å². The van der Waals surface area contributed by atoms with E-state index in [1.54, 1.807) is 6.92 Å². The van der Waals surface area contributed by atoms with E-state index in [9.17, 15) is 0 Å². The van der Waals surface area contributed by atoms with Gasteiger partial charge in [-0.3, -0.25) is 0 Å². The van der Waals surface area contributed by atoms with Gasteiger partial charge in [0.15, 0.2) is 0 Å². The maximum Gasteiger partial charge on any atom is 0.0224 e. The second-order valence-corrected chi connectivity index (χ2v) is 1.51. The molecule has 0 spiro atoms. The zero-order valence-corrected chi connectivity index (χ0v) is 8.65. The molecule has 0 aromatic rings. The van der Waals surface area contributed by atoms with Crippen LogP contribution in [0, 0.1) is 5.41 Å². The molecule has 0 unspecified atom stereocenters. The van der Waals surface area contributed by atoms with Crippen LogP contribution in [-0.2, 0) is 0 Å². The molecule has 0 aliphatic rings. The van der Waals surface area contributed by atoms with Gasteiger partial charge in [0.1, 0.15) is 0 Å². The highest BCUT2D eigenvalue weighted by molar-refractivity contribution is 5.75. The SMILES string of the molecule is C/C(N)=C(\C)C=N.CC.CC. The van der Waals surface area contributed by atoms with Gasteiger partial charge in [-0.15, -0.1) is 0 Å². The lowest BCUT2D eigenvalue weighted by Crippen LogP contribution is -1.95. The summed E-state index contributed by atoms with van der Waals surface area (Å²) in [5, 5.41) is 6.68. The van der Waals surface area contributed by atoms with Gasteiger partial charge < -0.3 is 11.1 Å². The first-order chi connectivity index (χ1) is 5.18. The van der Waals surface area contributed by atoms with Crippen molar-refractivity contribution in [1.29, 1.82) is 5.41 Å². The predicted molar refractivity (Wildman–Crippen MR) is 54.0 cm³/mol. The maximum atomic E-state index is 6.68. The minimum absolute atomic E-state index is 0.718. The second-order valence-electron chi connectivity index (χ2n) is 1.51. The Bertz CT molecular complexity index is 100. The molecule has 0 saturated carbocycles. The zero-order chi connectivity index (χ0) is 9.86. The summed E-state index contributed by atoms with van der Waals surface area (Å²) in [7, 11) is 0. The van der Waals surface area contributed by atoms with E-state index in [1.165, 1.54) is 6.21 Å². The molecule has 0 aromatic heterocycles. The Morgan fingerprint density at radius 1 is 1.09 bits per heavy atom. The fourth-order valence-corrected chi connectivity index (χ4v) is 0.114. The van der Waals surface area contributed by atoms with Crippen LogP contribution in [0.5, 0.6) is 0 Å². The topological polar surface area (TPSA) is 49.9 Å². The van der Waals surface area contributed by atoms with E-state index in [0.717, 1.165) is 11.3 Å². The minimum atomic E-state index is 0.718. The average molecular weight is 158 g/mol. The van der Waals surface area contributed by atoms with Crippen LogP contribution in [0.3, 0.4) is 0 Å². The summed E-state index contributed by atoms with van der Waals surface area (Å²) in [6.45, 7) is 11.6. The summed E-state index contributed by atoms with van der Waals surface area (Å²) in [4.78, 5) is 0. The van der Waals surface area contributed by atoms with Crippen molar-refractivity contribution in [2.75, 3.05) is 0 Å². The fourth-order valence-electron chi connectivity index (χ4n) is 0.114. The summed E-state index contributed by atoms with van der Waals surface area (Å²) in [5.74, 6) is 0. The normalized spacial score (nSPS) is 9.27. The molecule has 0 aromatic carbocycles. The first-order valence-corrected chi connectivity index (χ1v) is 4.12. The third-order valence-corrected chi connectivity index (χ3v) is 0.839. The van der Waals surface area contributed by atoms with Crippen molar-refractivity contribution < 1.29 is 0 Å². The van der Waals surface area contributed by atoms with Crippen LogP contribution in [-0.4, -0.2) is 6.21 Å². The summed E-state index contributed by atoms with van der Waals surface area (Å²) in [6.07, 6.45) is 1.25. The number of allylic oxidation sites excluding steroid dienone is 2. The molecule has 11 heavy (non-hydrogen) atoms. The third-order valence-electron chi connectivity index (χ3n) is 0.839. The molecular formula is C9H22N2. The summed E-state index contributed by atoms with van der Waals surface area (Å²) >= 11 is 0. The zero-order valence-electron chi connectivity index (χ0n) is 8.65. The van der Waals surface area contributed by atoms with Gasteiger partial charge in [0.2, 0.25) is 0 Å². The summed E-state index contributed by atoms with van der Waals surface area (Å²) in [6, 6.07) is 0. The molecule has 0 saturated heterocycles. The Balaban J connectivity index is -0.000000138. The Hall–Kier alpha value is -0.790. The van der Waals surface area contributed by atoms with Crippen molar-refractivity contribution in [3.05, 3.63) is 11.3 Å². The van der Waals surface area contributed by atoms with Crippen molar-refractivity contribution >= 4 is 6.21 Å². The molecule has 2 nitrogen and oxygen atoms in total. The lowest BCUT2D eigenvalue weighted by atomic mass is 10.3. The van der Waals surface area contributed by atoms with Gasteiger partial charge in [-0.2, -0.15) is 0 Å². The van der Waals surface area contributed by atoms with Gasteiger partial charge in [-0.05, 0) is 19.4 Å². The van der Waals surface area contributed by atoms with Gasteiger partial charge in [0, 0.05) is 11.9 Å². The van der Waals surface area contributed by atoms with Crippen molar-refractivity contribution in [1.82, 2.24) is 0 Å². The highest BCUT2D eigenvalue weighted by Crippen LogP contribution is 1.88. The average Bonchev–Trinajstić information content (AvgIpc) is 2.10. The first kappa shape index (κ1) is 16.7. The molecule has 0 rings (SSSR count). The smallest absolute Gasteiger partial charge is 0.0224 e. The van der Waals surface area contributed by atoms with E-state index in [0.29, 0.717) is 0 Å². The van der Waals surface area contributed by atoms with Crippen molar-refractivity contribution in [3.8, 4) is 0 Å². The van der Waals surface area contributed by atoms with Gasteiger partial charge >= 0.3 is 0 Å². The van der Waals surface area contributed by atoms with Crippen molar-refractivity contribution in [2.45, 2.75) is 41.5 Å². The number of rotatable bonds is 1. The number of nitrogens with one attached hydrogen (secondary N) is 1. The molecule has 0 aliphatic carbocycles. The Kier molecular flexibility index (Phi) is 24.4. The lowest BCUT2D eigenvalue weighted by Gasteiger charge is -1.89. The van der Waals surface area contributed by atoms with E-state index in [2.05, 4.69) is 0 Å². The third kappa shape index (κ3) is 17.6. The monoisotopic (exact) mass is 158 g/mol.